The van der Waals surface area contributed by atoms with E-state index in [0.29, 0.717) is 24.3 Å². The molecule has 0 amide bonds. The second-order valence-corrected chi connectivity index (χ2v) is 4.42. The maximum atomic E-state index is 13.8. The normalized spacial score (nSPS) is 10.7. The highest BCUT2D eigenvalue weighted by Gasteiger charge is 2.07. The van der Waals surface area contributed by atoms with Gasteiger partial charge in [-0.3, -0.25) is 9.48 Å². The van der Waals surface area contributed by atoms with E-state index in [-0.39, 0.29) is 11.4 Å². The zero-order valence-electron chi connectivity index (χ0n) is 11.1. The van der Waals surface area contributed by atoms with E-state index in [9.17, 15) is 9.18 Å². The average molecular weight is 285 g/mol. The van der Waals surface area contributed by atoms with Gasteiger partial charge in [-0.15, -0.1) is 0 Å². The minimum absolute atomic E-state index is 0.241. The zero-order chi connectivity index (χ0) is 14.7. The van der Waals surface area contributed by atoms with E-state index in [4.69, 9.17) is 0 Å². The third-order valence-corrected chi connectivity index (χ3v) is 3.02. The lowest BCUT2D eigenvalue weighted by Gasteiger charge is -2.07. The smallest absolute Gasteiger partial charge is 0.266 e. The Morgan fingerprint density at radius 3 is 2.71 bits per heavy atom. The predicted molar refractivity (Wildman–Crippen MR) is 73.9 cm³/mol. The SMILES string of the molecule is O=c1ccc(-c2ccccc2F)nn1CCn1cncn1. The van der Waals surface area contributed by atoms with Crippen LogP contribution >= 0.6 is 0 Å². The molecule has 7 heteroatoms. The molecule has 0 saturated heterocycles. The molecule has 3 aromatic rings. The number of nitrogens with zero attached hydrogens (tertiary/aromatic N) is 5. The molecule has 0 atom stereocenters. The van der Waals surface area contributed by atoms with Gasteiger partial charge in [-0.2, -0.15) is 10.2 Å². The molecule has 21 heavy (non-hydrogen) atoms. The topological polar surface area (TPSA) is 65.6 Å². The second kappa shape index (κ2) is 5.66. The van der Waals surface area contributed by atoms with Crippen molar-refractivity contribution in [2.24, 2.45) is 0 Å². The second-order valence-electron chi connectivity index (χ2n) is 4.42. The molecule has 0 aliphatic heterocycles. The first-order valence-electron chi connectivity index (χ1n) is 6.39. The van der Waals surface area contributed by atoms with Gasteiger partial charge < -0.3 is 0 Å². The molecule has 0 bridgehead atoms. The number of rotatable bonds is 4. The van der Waals surface area contributed by atoms with Crippen molar-refractivity contribution in [1.29, 1.82) is 0 Å². The summed E-state index contributed by atoms with van der Waals surface area (Å²) in [5, 5.41) is 8.16. The molecule has 106 valence electrons. The third-order valence-electron chi connectivity index (χ3n) is 3.02. The van der Waals surface area contributed by atoms with Crippen molar-refractivity contribution in [2.75, 3.05) is 0 Å². The molecule has 0 unspecified atom stereocenters. The summed E-state index contributed by atoms with van der Waals surface area (Å²) >= 11 is 0. The molecule has 0 N–H and O–H groups in total. The number of aromatic nitrogens is 5. The van der Waals surface area contributed by atoms with Crippen molar-refractivity contribution in [3.05, 3.63) is 65.2 Å². The summed E-state index contributed by atoms with van der Waals surface area (Å²) in [6.07, 6.45) is 2.98. The number of hydrogen-bond acceptors (Lipinski definition) is 4. The monoisotopic (exact) mass is 285 g/mol. The van der Waals surface area contributed by atoms with Crippen molar-refractivity contribution in [2.45, 2.75) is 13.1 Å². The number of aryl methyl sites for hydroxylation is 2. The Bertz CT molecular complexity index is 797. The molecule has 6 nitrogen and oxygen atoms in total. The summed E-state index contributed by atoms with van der Waals surface area (Å²) in [7, 11) is 0. The lowest BCUT2D eigenvalue weighted by atomic mass is 10.1. The van der Waals surface area contributed by atoms with Crippen molar-refractivity contribution in [3.63, 3.8) is 0 Å². The number of hydrogen-bond donors (Lipinski definition) is 0. The lowest BCUT2D eigenvalue weighted by Crippen LogP contribution is -2.24. The third kappa shape index (κ3) is 2.86. The molecular formula is C14H12FN5O. The van der Waals surface area contributed by atoms with Gasteiger partial charge in [0.15, 0.2) is 0 Å². The van der Waals surface area contributed by atoms with Crippen LogP contribution in [0.15, 0.2) is 53.8 Å². The van der Waals surface area contributed by atoms with Crippen LogP contribution in [0.5, 0.6) is 0 Å². The van der Waals surface area contributed by atoms with Crippen molar-refractivity contribution in [1.82, 2.24) is 24.5 Å². The summed E-state index contributed by atoms with van der Waals surface area (Å²) < 4.78 is 16.7. The highest BCUT2D eigenvalue weighted by molar-refractivity contribution is 5.58. The average Bonchev–Trinajstić information content (AvgIpc) is 3.00. The van der Waals surface area contributed by atoms with Crippen molar-refractivity contribution >= 4 is 0 Å². The Labute approximate surface area is 119 Å². The van der Waals surface area contributed by atoms with Gasteiger partial charge in [0.25, 0.3) is 5.56 Å². The van der Waals surface area contributed by atoms with Gasteiger partial charge in [-0.05, 0) is 18.2 Å². The van der Waals surface area contributed by atoms with E-state index in [2.05, 4.69) is 15.2 Å². The Balaban J connectivity index is 1.89. The lowest BCUT2D eigenvalue weighted by molar-refractivity contribution is 0.482. The van der Waals surface area contributed by atoms with Crippen LogP contribution < -0.4 is 5.56 Å². The molecule has 2 heterocycles. The maximum absolute atomic E-state index is 13.8. The molecule has 1 aromatic carbocycles. The van der Waals surface area contributed by atoms with E-state index >= 15 is 0 Å². The van der Waals surface area contributed by atoms with Crippen molar-refractivity contribution < 1.29 is 4.39 Å². The fourth-order valence-electron chi connectivity index (χ4n) is 1.97. The Kier molecular flexibility index (Phi) is 3.55. The summed E-state index contributed by atoms with van der Waals surface area (Å²) in [6, 6.07) is 9.24. The maximum Gasteiger partial charge on any atom is 0.266 e. The van der Waals surface area contributed by atoms with Gasteiger partial charge >= 0.3 is 0 Å². The van der Waals surface area contributed by atoms with E-state index in [1.54, 1.807) is 29.2 Å². The van der Waals surface area contributed by atoms with Crippen LogP contribution in [-0.2, 0) is 13.1 Å². The van der Waals surface area contributed by atoms with Gasteiger partial charge in [-0.25, -0.2) is 14.1 Å². The molecule has 0 aliphatic carbocycles. The standard InChI is InChI=1S/C14H12FN5O/c15-12-4-2-1-3-11(12)13-5-6-14(21)20(18-13)8-7-19-10-16-9-17-19/h1-6,9-10H,7-8H2. The molecule has 0 aliphatic rings. The minimum Gasteiger partial charge on any atom is -0.268 e. The van der Waals surface area contributed by atoms with Crippen LogP contribution in [0.25, 0.3) is 11.3 Å². The highest BCUT2D eigenvalue weighted by atomic mass is 19.1. The first kappa shape index (κ1) is 13.2. The number of halogens is 1. The number of benzene rings is 1. The Morgan fingerprint density at radius 2 is 1.95 bits per heavy atom. The van der Waals surface area contributed by atoms with Crippen LogP contribution in [0, 0.1) is 5.82 Å². The van der Waals surface area contributed by atoms with Crippen LogP contribution in [0.4, 0.5) is 4.39 Å². The quantitative estimate of drug-likeness (QED) is 0.725. The minimum atomic E-state index is -0.369. The van der Waals surface area contributed by atoms with Gasteiger partial charge in [0, 0.05) is 11.6 Å². The van der Waals surface area contributed by atoms with Crippen LogP contribution in [-0.4, -0.2) is 24.5 Å². The summed E-state index contributed by atoms with van der Waals surface area (Å²) in [5.74, 6) is -0.369. The van der Waals surface area contributed by atoms with E-state index < -0.39 is 0 Å². The summed E-state index contributed by atoms with van der Waals surface area (Å²) in [5.41, 5.74) is 0.550. The zero-order valence-corrected chi connectivity index (χ0v) is 11.1. The van der Waals surface area contributed by atoms with E-state index in [1.165, 1.54) is 29.2 Å². The highest BCUT2D eigenvalue weighted by Crippen LogP contribution is 2.18. The molecule has 0 spiro atoms. The van der Waals surface area contributed by atoms with E-state index in [0.717, 1.165) is 0 Å². The largest absolute Gasteiger partial charge is 0.268 e. The first-order valence-corrected chi connectivity index (χ1v) is 6.39. The fraction of sp³-hybridized carbons (Fsp3) is 0.143. The fourth-order valence-corrected chi connectivity index (χ4v) is 1.97. The summed E-state index contributed by atoms with van der Waals surface area (Å²) in [4.78, 5) is 15.6. The van der Waals surface area contributed by atoms with Crippen LogP contribution in [0.1, 0.15) is 0 Å². The first-order chi connectivity index (χ1) is 10.2. The predicted octanol–water partition coefficient (Wildman–Crippen LogP) is 1.34. The van der Waals surface area contributed by atoms with Crippen molar-refractivity contribution in [3.8, 4) is 11.3 Å². The van der Waals surface area contributed by atoms with Crippen LogP contribution in [0.2, 0.25) is 0 Å². The van der Waals surface area contributed by atoms with Gasteiger partial charge in [0.05, 0.1) is 18.8 Å². The van der Waals surface area contributed by atoms with Crippen LogP contribution in [0.3, 0.4) is 0 Å². The van der Waals surface area contributed by atoms with Gasteiger partial charge in [0.1, 0.15) is 18.5 Å². The van der Waals surface area contributed by atoms with Gasteiger partial charge in [-0.1, -0.05) is 12.1 Å². The molecule has 0 fully saturated rings. The molecular weight excluding hydrogens is 273 g/mol. The Morgan fingerprint density at radius 1 is 1.10 bits per heavy atom. The molecule has 2 aromatic heterocycles. The molecule has 0 saturated carbocycles. The van der Waals surface area contributed by atoms with Gasteiger partial charge in [0.2, 0.25) is 0 Å². The molecule has 0 radical (unpaired) electrons. The summed E-state index contributed by atoms with van der Waals surface area (Å²) in [6.45, 7) is 0.804. The Hall–Kier alpha value is -2.83. The molecule has 3 rings (SSSR count). The van der Waals surface area contributed by atoms with E-state index in [1.807, 2.05) is 0 Å².